The van der Waals surface area contributed by atoms with Gasteiger partial charge in [0.05, 0.1) is 19.1 Å². The summed E-state index contributed by atoms with van der Waals surface area (Å²) in [6, 6.07) is 23.2. The van der Waals surface area contributed by atoms with E-state index in [-0.39, 0.29) is 31.8 Å². The molecule has 1 aliphatic heterocycles. The Morgan fingerprint density at radius 2 is 1.18 bits per heavy atom. The van der Waals surface area contributed by atoms with Crippen LogP contribution in [0.3, 0.4) is 0 Å². The van der Waals surface area contributed by atoms with Crippen LogP contribution < -0.4 is 16.0 Å². The average molecular weight is 602 g/mol. The van der Waals surface area contributed by atoms with E-state index in [9.17, 15) is 29.1 Å². The lowest BCUT2D eigenvalue weighted by atomic mass is 9.94. The minimum Gasteiger partial charge on any atom is -0.481 e. The van der Waals surface area contributed by atoms with E-state index in [4.69, 9.17) is 9.47 Å². The number of benzene rings is 3. The Hall–Kier alpha value is -5.03. The van der Waals surface area contributed by atoms with Gasteiger partial charge in [-0.05, 0) is 30.0 Å². The van der Waals surface area contributed by atoms with E-state index in [1.54, 1.807) is 67.6 Å². The fraction of sp³-hybridized carbons (Fsp3) is 0.303. The number of Topliss-reactive ketones (excluding diaryl/α,β-unsaturated/α-hetero) is 1. The predicted molar refractivity (Wildman–Crippen MR) is 159 cm³/mol. The Labute approximate surface area is 254 Å². The van der Waals surface area contributed by atoms with Crippen LogP contribution in [-0.4, -0.2) is 65.1 Å². The molecule has 0 radical (unpaired) electrons. The molecule has 44 heavy (non-hydrogen) atoms. The molecule has 1 heterocycles. The van der Waals surface area contributed by atoms with Crippen LogP contribution in [0.1, 0.15) is 30.0 Å². The number of alkyl carbamates (subject to hydrolysis) is 1. The molecule has 0 unspecified atom stereocenters. The summed E-state index contributed by atoms with van der Waals surface area (Å²) in [5.74, 6) is -3.19. The summed E-state index contributed by atoms with van der Waals surface area (Å²) in [5.41, 5.74) is 1.22. The Morgan fingerprint density at radius 3 is 1.68 bits per heavy atom. The Morgan fingerprint density at radius 1 is 0.727 bits per heavy atom. The third-order valence-corrected chi connectivity index (χ3v) is 7.13. The first-order valence-electron chi connectivity index (χ1n) is 14.2. The Kier molecular flexibility index (Phi) is 10.8. The van der Waals surface area contributed by atoms with Crippen molar-refractivity contribution >= 4 is 29.7 Å². The van der Waals surface area contributed by atoms with E-state index in [2.05, 4.69) is 16.0 Å². The standard InChI is InChI=1S/C33H35N3O8/c1-33(21-44-33)29(39)25(17-22-11-5-2-6-12-22)34-30(40)26(18-23-13-7-3-8-14-23)35-31(41)27(19-28(37)38)36-32(42)43-20-24-15-9-4-10-16-24/h2-16,25-27H,17-21H2,1H3,(H,34,40)(H,35,41)(H,36,42)(H,37,38)/t25-,26-,27-,33+/m0/s1. The highest BCUT2D eigenvalue weighted by Gasteiger charge is 2.50. The van der Waals surface area contributed by atoms with Crippen LogP contribution in [0, 0.1) is 0 Å². The lowest BCUT2D eigenvalue weighted by Gasteiger charge is -2.25. The van der Waals surface area contributed by atoms with Crippen molar-refractivity contribution < 1.29 is 38.6 Å². The summed E-state index contributed by atoms with van der Waals surface area (Å²) >= 11 is 0. The first-order valence-corrected chi connectivity index (χ1v) is 14.2. The van der Waals surface area contributed by atoms with Gasteiger partial charge >= 0.3 is 12.1 Å². The van der Waals surface area contributed by atoms with Crippen LogP contribution in [0.25, 0.3) is 0 Å². The molecule has 4 rings (SSSR count). The number of ketones is 1. The van der Waals surface area contributed by atoms with Gasteiger partial charge in [0, 0.05) is 6.42 Å². The van der Waals surface area contributed by atoms with Crippen LogP contribution in [0.2, 0.25) is 0 Å². The zero-order valence-electron chi connectivity index (χ0n) is 24.2. The molecule has 0 aromatic heterocycles. The number of carbonyl (C=O) groups excluding carboxylic acids is 4. The number of aliphatic carboxylic acids is 1. The third-order valence-electron chi connectivity index (χ3n) is 7.13. The molecule has 4 atom stereocenters. The summed E-state index contributed by atoms with van der Waals surface area (Å²) in [4.78, 5) is 64.5. The van der Waals surface area contributed by atoms with E-state index in [0.29, 0.717) is 11.1 Å². The van der Waals surface area contributed by atoms with Crippen molar-refractivity contribution in [3.63, 3.8) is 0 Å². The Balaban J connectivity index is 1.50. The maximum absolute atomic E-state index is 13.7. The zero-order chi connectivity index (χ0) is 31.5. The molecule has 11 nitrogen and oxygen atoms in total. The molecule has 3 amide bonds. The van der Waals surface area contributed by atoms with Crippen molar-refractivity contribution in [2.24, 2.45) is 0 Å². The van der Waals surface area contributed by atoms with Crippen LogP contribution in [0.4, 0.5) is 4.79 Å². The minimum atomic E-state index is -1.54. The highest BCUT2D eigenvalue weighted by atomic mass is 16.6. The summed E-state index contributed by atoms with van der Waals surface area (Å²) in [6.45, 7) is 1.80. The second-order valence-corrected chi connectivity index (χ2v) is 10.7. The fourth-order valence-corrected chi connectivity index (χ4v) is 4.57. The van der Waals surface area contributed by atoms with Crippen molar-refractivity contribution in [1.29, 1.82) is 0 Å². The molecule has 0 bridgehead atoms. The summed E-state index contributed by atoms with van der Waals surface area (Å²) in [7, 11) is 0. The van der Waals surface area contributed by atoms with Gasteiger partial charge in [0.15, 0.2) is 5.78 Å². The molecule has 3 aromatic rings. The van der Waals surface area contributed by atoms with Crippen LogP contribution in [0.5, 0.6) is 0 Å². The Bertz CT molecular complexity index is 1450. The average Bonchev–Trinajstić information content (AvgIpc) is 3.78. The smallest absolute Gasteiger partial charge is 0.408 e. The number of carboxylic acids is 1. The molecule has 0 aliphatic carbocycles. The molecule has 3 aromatic carbocycles. The van der Waals surface area contributed by atoms with Crippen molar-refractivity contribution in [3.8, 4) is 0 Å². The number of nitrogens with one attached hydrogen (secondary N) is 3. The highest BCUT2D eigenvalue weighted by Crippen LogP contribution is 2.29. The molecule has 0 saturated carbocycles. The van der Waals surface area contributed by atoms with Gasteiger partial charge in [-0.2, -0.15) is 0 Å². The lowest BCUT2D eigenvalue weighted by molar-refractivity contribution is -0.140. The number of amides is 3. The van der Waals surface area contributed by atoms with E-state index >= 15 is 0 Å². The van der Waals surface area contributed by atoms with Crippen molar-refractivity contribution in [2.75, 3.05) is 6.61 Å². The van der Waals surface area contributed by atoms with E-state index < -0.39 is 54.0 Å². The van der Waals surface area contributed by atoms with Crippen LogP contribution in [0.15, 0.2) is 91.0 Å². The number of rotatable bonds is 15. The summed E-state index contributed by atoms with van der Waals surface area (Å²) in [6.07, 6.45) is -1.51. The molecular weight excluding hydrogens is 566 g/mol. The maximum atomic E-state index is 13.7. The summed E-state index contributed by atoms with van der Waals surface area (Å²) in [5, 5.41) is 17.1. The van der Waals surface area contributed by atoms with Gasteiger partial charge in [-0.25, -0.2) is 4.79 Å². The molecule has 230 valence electrons. The van der Waals surface area contributed by atoms with Crippen LogP contribution in [-0.2, 0) is 48.1 Å². The van der Waals surface area contributed by atoms with E-state index in [1.165, 1.54) is 0 Å². The first kappa shape index (κ1) is 31.9. The lowest BCUT2D eigenvalue weighted by Crippen LogP contribution is -2.57. The number of carbonyl (C=O) groups is 5. The largest absolute Gasteiger partial charge is 0.481 e. The molecule has 0 spiro atoms. The molecule has 1 fully saturated rings. The molecular formula is C33H35N3O8. The number of hydrogen-bond donors (Lipinski definition) is 4. The molecule has 1 aliphatic rings. The first-order chi connectivity index (χ1) is 21.1. The van der Waals surface area contributed by atoms with Gasteiger partial charge in [-0.15, -0.1) is 0 Å². The number of carboxylic acid groups (broad SMARTS) is 1. The monoisotopic (exact) mass is 601 g/mol. The molecule has 1 saturated heterocycles. The highest BCUT2D eigenvalue weighted by molar-refractivity contribution is 5.99. The van der Waals surface area contributed by atoms with E-state index in [1.807, 2.05) is 30.3 Å². The van der Waals surface area contributed by atoms with Crippen LogP contribution >= 0.6 is 0 Å². The van der Waals surface area contributed by atoms with Crippen molar-refractivity contribution in [2.45, 2.75) is 56.5 Å². The van der Waals surface area contributed by atoms with Gasteiger partial charge < -0.3 is 30.5 Å². The topological polar surface area (TPSA) is 163 Å². The van der Waals surface area contributed by atoms with E-state index in [0.717, 1.165) is 5.56 Å². The minimum absolute atomic E-state index is 0.0384. The zero-order valence-corrected chi connectivity index (χ0v) is 24.2. The fourth-order valence-electron chi connectivity index (χ4n) is 4.57. The van der Waals surface area contributed by atoms with Crippen molar-refractivity contribution in [3.05, 3.63) is 108 Å². The quantitative estimate of drug-likeness (QED) is 0.193. The second-order valence-electron chi connectivity index (χ2n) is 10.7. The van der Waals surface area contributed by atoms with Gasteiger partial charge in [-0.1, -0.05) is 91.0 Å². The SMILES string of the molecule is C[C@]1(C(=O)[C@H](Cc2ccccc2)NC(=O)[C@H](Cc2ccccc2)NC(=O)[C@H](CC(=O)O)NC(=O)OCc2ccccc2)CO1. The van der Waals surface area contributed by atoms with Gasteiger partial charge in [0.1, 0.15) is 24.3 Å². The second kappa shape index (κ2) is 14.9. The number of ether oxygens (including phenoxy) is 2. The predicted octanol–water partition coefficient (Wildman–Crippen LogP) is 2.57. The number of hydrogen-bond acceptors (Lipinski definition) is 7. The summed E-state index contributed by atoms with van der Waals surface area (Å²) < 4.78 is 10.5. The third kappa shape index (κ3) is 9.50. The van der Waals surface area contributed by atoms with Gasteiger partial charge in [0.25, 0.3) is 0 Å². The van der Waals surface area contributed by atoms with Gasteiger partial charge in [-0.3, -0.25) is 19.2 Å². The van der Waals surface area contributed by atoms with Crippen molar-refractivity contribution in [1.82, 2.24) is 16.0 Å². The number of epoxide rings is 1. The normalized spacial score (nSPS) is 17.3. The molecule has 11 heteroatoms. The maximum Gasteiger partial charge on any atom is 0.408 e. The molecule has 4 N–H and O–H groups in total. The van der Waals surface area contributed by atoms with Gasteiger partial charge in [0.2, 0.25) is 11.8 Å².